The smallest absolute Gasteiger partial charge is 0.243 e. The van der Waals surface area contributed by atoms with Crippen LogP contribution in [0, 0.1) is 13.8 Å². The van der Waals surface area contributed by atoms with Crippen molar-refractivity contribution in [1.29, 1.82) is 0 Å². The third-order valence-electron chi connectivity index (χ3n) is 6.20. The second-order valence-electron chi connectivity index (χ2n) is 10.6. The van der Waals surface area contributed by atoms with Gasteiger partial charge in [-0.2, -0.15) is 0 Å². The van der Waals surface area contributed by atoms with Crippen LogP contribution < -0.4 is 9.62 Å². The fourth-order valence-electron chi connectivity index (χ4n) is 4.11. The first kappa shape index (κ1) is 31.9. The van der Waals surface area contributed by atoms with Crippen molar-refractivity contribution in [3.8, 4) is 0 Å². The minimum atomic E-state index is -3.57. The number of amides is 2. The molecule has 1 N–H and O–H groups in total. The van der Waals surface area contributed by atoms with Crippen LogP contribution in [-0.4, -0.2) is 49.5 Å². The van der Waals surface area contributed by atoms with Crippen LogP contribution in [0.4, 0.5) is 5.69 Å². The van der Waals surface area contributed by atoms with E-state index in [1.807, 2.05) is 53.7 Å². The van der Waals surface area contributed by atoms with Gasteiger partial charge in [-0.25, -0.2) is 8.42 Å². The molecule has 0 aliphatic heterocycles. The summed E-state index contributed by atoms with van der Waals surface area (Å²) < 4.78 is 26.5. The van der Waals surface area contributed by atoms with Gasteiger partial charge >= 0.3 is 0 Å². The van der Waals surface area contributed by atoms with Gasteiger partial charge in [0.1, 0.15) is 6.04 Å². The molecule has 1 unspecified atom stereocenters. The first-order valence-corrected chi connectivity index (χ1v) is 15.2. The summed E-state index contributed by atoms with van der Waals surface area (Å²) in [5.41, 5.74) is 2.66. The van der Waals surface area contributed by atoms with Gasteiger partial charge in [0.25, 0.3) is 0 Å². The predicted molar refractivity (Wildman–Crippen MR) is 156 cm³/mol. The summed E-state index contributed by atoms with van der Waals surface area (Å²) in [5.74, 6) is -0.560. The summed E-state index contributed by atoms with van der Waals surface area (Å²) in [6, 6.07) is 9.82. The summed E-state index contributed by atoms with van der Waals surface area (Å²) >= 11 is 12.8. The van der Waals surface area contributed by atoms with E-state index in [2.05, 4.69) is 5.32 Å². The van der Waals surface area contributed by atoms with Crippen molar-refractivity contribution in [2.24, 2.45) is 0 Å². The Morgan fingerprint density at radius 1 is 1.03 bits per heavy atom. The highest BCUT2D eigenvalue weighted by atomic mass is 35.5. The number of benzene rings is 2. The summed E-state index contributed by atoms with van der Waals surface area (Å²) in [6.07, 6.45) is 1.84. The Hall–Kier alpha value is -2.29. The average Bonchev–Trinajstić information content (AvgIpc) is 2.78. The van der Waals surface area contributed by atoms with Crippen molar-refractivity contribution < 1.29 is 18.0 Å². The number of anilines is 1. The molecule has 2 rings (SSSR count). The van der Waals surface area contributed by atoms with E-state index in [4.69, 9.17) is 23.2 Å². The molecule has 0 radical (unpaired) electrons. The van der Waals surface area contributed by atoms with Crippen molar-refractivity contribution in [1.82, 2.24) is 10.2 Å². The highest BCUT2D eigenvalue weighted by Crippen LogP contribution is 2.28. The van der Waals surface area contributed by atoms with Crippen LogP contribution in [0.1, 0.15) is 63.6 Å². The fraction of sp³-hybridized carbons (Fsp3) is 0.500. The van der Waals surface area contributed by atoms with E-state index in [0.29, 0.717) is 27.7 Å². The minimum Gasteiger partial charge on any atom is -0.350 e. The van der Waals surface area contributed by atoms with Gasteiger partial charge in [-0.1, -0.05) is 42.3 Å². The van der Waals surface area contributed by atoms with E-state index < -0.39 is 21.6 Å². The lowest BCUT2D eigenvalue weighted by Crippen LogP contribution is -2.53. The van der Waals surface area contributed by atoms with Gasteiger partial charge in [0.15, 0.2) is 0 Å². The number of hydrogen-bond acceptors (Lipinski definition) is 4. The number of carbonyl (C=O) groups excluding carboxylic acids is 2. The normalized spacial score (nSPS) is 12.7. The molecule has 0 spiro atoms. The molecule has 0 bridgehead atoms. The van der Waals surface area contributed by atoms with E-state index in [1.54, 1.807) is 24.3 Å². The van der Waals surface area contributed by atoms with Gasteiger partial charge in [-0.05, 0) is 82.9 Å². The molecule has 38 heavy (non-hydrogen) atoms. The number of nitrogens with one attached hydrogen (secondary N) is 1. The number of aryl methyl sites for hydroxylation is 2. The third-order valence-corrected chi connectivity index (χ3v) is 8.11. The maximum atomic E-state index is 13.6. The number of halogens is 2. The molecule has 0 aliphatic carbocycles. The van der Waals surface area contributed by atoms with Crippen LogP contribution in [0.3, 0.4) is 0 Å². The number of carbonyl (C=O) groups is 2. The lowest BCUT2D eigenvalue weighted by atomic mass is 10.0. The Kier molecular flexibility index (Phi) is 11.1. The van der Waals surface area contributed by atoms with Gasteiger partial charge in [-0.3, -0.25) is 13.9 Å². The summed E-state index contributed by atoms with van der Waals surface area (Å²) in [6.45, 7) is 11.5. The van der Waals surface area contributed by atoms with Crippen molar-refractivity contribution >= 4 is 50.7 Å². The van der Waals surface area contributed by atoms with Crippen LogP contribution in [0.25, 0.3) is 0 Å². The third kappa shape index (κ3) is 8.89. The zero-order valence-electron chi connectivity index (χ0n) is 23.3. The zero-order chi connectivity index (χ0) is 28.8. The van der Waals surface area contributed by atoms with Crippen LogP contribution in [0.2, 0.25) is 10.0 Å². The van der Waals surface area contributed by atoms with Crippen molar-refractivity contribution in [2.75, 3.05) is 17.1 Å². The first-order chi connectivity index (χ1) is 17.5. The fourth-order valence-corrected chi connectivity index (χ4v) is 5.58. The van der Waals surface area contributed by atoms with E-state index in [9.17, 15) is 18.0 Å². The minimum absolute atomic E-state index is 0.0399. The highest BCUT2D eigenvalue weighted by molar-refractivity contribution is 7.92. The Morgan fingerprint density at radius 2 is 1.63 bits per heavy atom. The van der Waals surface area contributed by atoms with Crippen molar-refractivity contribution in [2.45, 2.75) is 78.9 Å². The molecule has 0 aromatic heterocycles. The Balaban J connectivity index is 2.31. The van der Waals surface area contributed by atoms with E-state index in [0.717, 1.165) is 17.4 Å². The monoisotopic (exact) mass is 583 g/mol. The number of hydrogen-bond donors (Lipinski definition) is 1. The molecule has 2 amide bonds. The predicted octanol–water partition coefficient (Wildman–Crippen LogP) is 5.88. The molecule has 0 aliphatic rings. The molecule has 2 aromatic rings. The summed E-state index contributed by atoms with van der Waals surface area (Å²) in [4.78, 5) is 28.3. The number of rotatable bonds is 11. The molecule has 10 heteroatoms. The second-order valence-corrected chi connectivity index (χ2v) is 13.3. The molecular weight excluding hydrogens is 545 g/mol. The Labute approximate surface area is 237 Å². The standard InChI is InChI=1S/C28H39Cl2N3O4S/c1-8-25(27(35)31-28(4,5)6)32(18-22-23(29)11-9-12-24(22)30)26(34)13-10-16-33(38(7,36)37)21-15-14-19(2)20(3)17-21/h9,11-12,14-15,17,25H,8,10,13,16,18H2,1-7H3,(H,31,35). The second kappa shape index (κ2) is 13.2. The largest absolute Gasteiger partial charge is 0.350 e. The maximum Gasteiger partial charge on any atom is 0.243 e. The topological polar surface area (TPSA) is 86.8 Å². The summed E-state index contributed by atoms with van der Waals surface area (Å²) in [5, 5.41) is 3.76. The Bertz CT molecular complexity index is 1240. The average molecular weight is 585 g/mol. The molecule has 7 nitrogen and oxygen atoms in total. The SMILES string of the molecule is CCC(C(=O)NC(C)(C)C)N(Cc1c(Cl)cccc1Cl)C(=O)CCCN(c1ccc(C)c(C)c1)S(C)(=O)=O. The molecule has 0 saturated carbocycles. The van der Waals surface area contributed by atoms with Gasteiger partial charge < -0.3 is 10.2 Å². The zero-order valence-corrected chi connectivity index (χ0v) is 25.6. The Morgan fingerprint density at radius 3 is 2.13 bits per heavy atom. The van der Waals surface area contributed by atoms with E-state index >= 15 is 0 Å². The molecular formula is C28H39Cl2N3O4S. The van der Waals surface area contributed by atoms with E-state index in [1.165, 1.54) is 9.21 Å². The van der Waals surface area contributed by atoms with Crippen LogP contribution in [-0.2, 0) is 26.2 Å². The quantitative estimate of drug-likeness (QED) is 0.358. The molecule has 2 aromatic carbocycles. The van der Waals surface area contributed by atoms with Crippen molar-refractivity contribution in [3.05, 3.63) is 63.1 Å². The van der Waals surface area contributed by atoms with E-state index in [-0.39, 0.29) is 37.7 Å². The van der Waals surface area contributed by atoms with Crippen LogP contribution in [0.5, 0.6) is 0 Å². The maximum absolute atomic E-state index is 13.6. The molecule has 1 atom stereocenters. The van der Waals surface area contributed by atoms with Gasteiger partial charge in [0.2, 0.25) is 21.8 Å². The lowest BCUT2D eigenvalue weighted by Gasteiger charge is -2.33. The number of nitrogens with zero attached hydrogens (tertiary/aromatic N) is 2. The highest BCUT2D eigenvalue weighted by Gasteiger charge is 2.31. The van der Waals surface area contributed by atoms with Crippen LogP contribution in [0.15, 0.2) is 36.4 Å². The molecule has 0 fully saturated rings. The number of sulfonamides is 1. The van der Waals surface area contributed by atoms with Crippen LogP contribution >= 0.6 is 23.2 Å². The van der Waals surface area contributed by atoms with Gasteiger partial charge in [-0.15, -0.1) is 0 Å². The summed E-state index contributed by atoms with van der Waals surface area (Å²) in [7, 11) is -3.57. The first-order valence-electron chi connectivity index (χ1n) is 12.6. The lowest BCUT2D eigenvalue weighted by molar-refractivity contribution is -0.142. The molecule has 210 valence electrons. The van der Waals surface area contributed by atoms with Gasteiger partial charge in [0, 0.05) is 40.7 Å². The van der Waals surface area contributed by atoms with Gasteiger partial charge in [0.05, 0.1) is 11.9 Å². The molecule has 0 heterocycles. The van der Waals surface area contributed by atoms with Crippen molar-refractivity contribution in [3.63, 3.8) is 0 Å². The molecule has 0 saturated heterocycles.